The van der Waals surface area contributed by atoms with Crippen LogP contribution in [0.5, 0.6) is 0 Å². The fourth-order valence-corrected chi connectivity index (χ4v) is 2.21. The molecule has 3 rings (SSSR count). The smallest absolute Gasteiger partial charge is 0.276 e. The number of aromatic nitrogens is 4. The topological polar surface area (TPSA) is 113 Å². The first-order valence-corrected chi connectivity index (χ1v) is 7.56. The summed E-state index contributed by atoms with van der Waals surface area (Å²) in [5, 5.41) is 11.7. The van der Waals surface area contributed by atoms with Gasteiger partial charge in [-0.3, -0.25) is 9.59 Å². The van der Waals surface area contributed by atoms with Crippen molar-refractivity contribution in [1.82, 2.24) is 20.2 Å². The third-order valence-electron chi connectivity index (χ3n) is 3.29. The molecule has 2 aromatic heterocycles. The molecule has 0 radical (unpaired) electrons. The fourth-order valence-electron chi connectivity index (χ4n) is 2.21. The Morgan fingerprint density at radius 3 is 2.20 bits per heavy atom. The number of aromatic amines is 1. The van der Waals surface area contributed by atoms with Crippen LogP contribution in [-0.4, -0.2) is 26.1 Å². The molecule has 3 N–H and O–H groups in total. The molecular formula is C17H16N6O2. The van der Waals surface area contributed by atoms with Gasteiger partial charge in [0.15, 0.2) is 0 Å². The monoisotopic (exact) mass is 336 g/mol. The number of carbonyl (C=O) groups excluding carboxylic acids is 1. The van der Waals surface area contributed by atoms with E-state index in [1.165, 1.54) is 12.1 Å². The Balaban J connectivity index is 1.68. The molecule has 0 unspecified atom stereocenters. The molecular weight excluding hydrogens is 320 g/mol. The molecule has 0 bridgehead atoms. The quantitative estimate of drug-likeness (QED) is 0.673. The summed E-state index contributed by atoms with van der Waals surface area (Å²) in [5.74, 6) is 0.112. The number of nitrogens with zero attached hydrogens (tertiary/aromatic N) is 3. The number of anilines is 3. The zero-order chi connectivity index (χ0) is 17.8. The Kier molecular flexibility index (Phi) is 4.51. The second kappa shape index (κ2) is 6.91. The lowest BCUT2D eigenvalue weighted by Gasteiger charge is -2.08. The van der Waals surface area contributed by atoms with Crippen molar-refractivity contribution in [1.29, 1.82) is 0 Å². The number of hydrogen-bond acceptors (Lipinski definition) is 6. The van der Waals surface area contributed by atoms with Crippen LogP contribution >= 0.6 is 0 Å². The second-order valence-electron chi connectivity index (χ2n) is 5.44. The maximum atomic E-state index is 12.0. The first-order chi connectivity index (χ1) is 12.0. The van der Waals surface area contributed by atoms with Gasteiger partial charge in [0.05, 0.1) is 0 Å². The standard InChI is InChI=1S/C17H16N6O2/c1-10-9-11(2)19-17(18-10)21-13-5-3-12(4-6-13)20-16(25)14-7-8-15(24)23-22-14/h3-9H,1-2H3,(H,20,25)(H,23,24)(H,18,19,21). The minimum Gasteiger partial charge on any atom is -0.324 e. The minimum atomic E-state index is -0.408. The molecule has 2 heterocycles. The van der Waals surface area contributed by atoms with Gasteiger partial charge in [0.25, 0.3) is 11.5 Å². The zero-order valence-corrected chi connectivity index (χ0v) is 13.7. The van der Waals surface area contributed by atoms with Crippen LogP contribution in [0.25, 0.3) is 0 Å². The molecule has 8 heteroatoms. The Morgan fingerprint density at radius 2 is 1.60 bits per heavy atom. The van der Waals surface area contributed by atoms with Crippen molar-refractivity contribution >= 4 is 23.2 Å². The van der Waals surface area contributed by atoms with Crippen LogP contribution in [0.2, 0.25) is 0 Å². The molecule has 0 fully saturated rings. The second-order valence-corrected chi connectivity index (χ2v) is 5.44. The molecule has 0 atom stereocenters. The summed E-state index contributed by atoms with van der Waals surface area (Å²) in [4.78, 5) is 31.6. The van der Waals surface area contributed by atoms with Crippen LogP contribution in [0.1, 0.15) is 21.9 Å². The average molecular weight is 336 g/mol. The van der Waals surface area contributed by atoms with E-state index in [0.29, 0.717) is 11.6 Å². The number of aryl methyl sites for hydroxylation is 2. The van der Waals surface area contributed by atoms with Gasteiger partial charge in [0, 0.05) is 28.8 Å². The molecule has 0 saturated heterocycles. The van der Waals surface area contributed by atoms with E-state index in [9.17, 15) is 9.59 Å². The molecule has 0 spiro atoms. The van der Waals surface area contributed by atoms with Gasteiger partial charge in [-0.1, -0.05) is 0 Å². The Bertz CT molecular complexity index is 925. The predicted octanol–water partition coefficient (Wildman–Crippen LogP) is 2.17. The molecule has 0 aliphatic rings. The highest BCUT2D eigenvalue weighted by Crippen LogP contribution is 2.17. The van der Waals surface area contributed by atoms with Gasteiger partial charge in [-0.05, 0) is 50.2 Å². The van der Waals surface area contributed by atoms with Crippen molar-refractivity contribution in [3.63, 3.8) is 0 Å². The third-order valence-corrected chi connectivity index (χ3v) is 3.29. The van der Waals surface area contributed by atoms with E-state index in [1.54, 1.807) is 24.3 Å². The molecule has 0 aliphatic carbocycles. The molecule has 126 valence electrons. The highest BCUT2D eigenvalue weighted by atomic mass is 16.2. The predicted molar refractivity (Wildman–Crippen MR) is 94.0 cm³/mol. The number of rotatable bonds is 4. The number of nitrogens with one attached hydrogen (secondary N) is 3. The van der Waals surface area contributed by atoms with Crippen LogP contribution in [0.15, 0.2) is 47.3 Å². The van der Waals surface area contributed by atoms with Gasteiger partial charge in [-0.2, -0.15) is 5.10 Å². The van der Waals surface area contributed by atoms with Crippen LogP contribution in [0, 0.1) is 13.8 Å². The van der Waals surface area contributed by atoms with Crippen molar-refractivity contribution in [2.24, 2.45) is 0 Å². The highest BCUT2D eigenvalue weighted by Gasteiger charge is 2.08. The molecule has 0 saturated carbocycles. The minimum absolute atomic E-state index is 0.130. The summed E-state index contributed by atoms with van der Waals surface area (Å²) >= 11 is 0. The van der Waals surface area contributed by atoms with Crippen LogP contribution < -0.4 is 16.2 Å². The number of carbonyl (C=O) groups is 1. The number of hydrogen-bond donors (Lipinski definition) is 3. The van der Waals surface area contributed by atoms with Gasteiger partial charge in [0.1, 0.15) is 5.69 Å². The highest BCUT2D eigenvalue weighted by molar-refractivity contribution is 6.02. The van der Waals surface area contributed by atoms with Gasteiger partial charge < -0.3 is 10.6 Å². The summed E-state index contributed by atoms with van der Waals surface area (Å²) in [6, 6.07) is 11.6. The van der Waals surface area contributed by atoms with Crippen molar-refractivity contribution < 1.29 is 4.79 Å². The van der Waals surface area contributed by atoms with E-state index in [1.807, 2.05) is 19.9 Å². The van der Waals surface area contributed by atoms with E-state index in [4.69, 9.17) is 0 Å². The summed E-state index contributed by atoms with van der Waals surface area (Å²) in [6.45, 7) is 3.81. The lowest BCUT2D eigenvalue weighted by atomic mass is 10.2. The van der Waals surface area contributed by atoms with Crippen LogP contribution in [0.4, 0.5) is 17.3 Å². The molecule has 25 heavy (non-hydrogen) atoms. The maximum absolute atomic E-state index is 12.0. The Hall–Kier alpha value is -3.55. The molecule has 1 amide bonds. The summed E-state index contributed by atoms with van der Waals surface area (Å²) in [7, 11) is 0. The first kappa shape index (κ1) is 16.3. The van der Waals surface area contributed by atoms with Crippen molar-refractivity contribution in [3.8, 4) is 0 Å². The van der Waals surface area contributed by atoms with Gasteiger partial charge in [0.2, 0.25) is 5.95 Å². The SMILES string of the molecule is Cc1cc(C)nc(Nc2ccc(NC(=O)c3ccc(=O)[nH]n3)cc2)n1. The van der Waals surface area contributed by atoms with E-state index in [-0.39, 0.29) is 11.3 Å². The molecule has 0 aliphatic heterocycles. The van der Waals surface area contributed by atoms with Crippen molar-refractivity contribution in [2.45, 2.75) is 13.8 Å². The first-order valence-electron chi connectivity index (χ1n) is 7.56. The molecule has 1 aromatic carbocycles. The zero-order valence-electron chi connectivity index (χ0n) is 13.7. The summed E-state index contributed by atoms with van der Waals surface area (Å²) in [5.41, 5.74) is 2.93. The van der Waals surface area contributed by atoms with Gasteiger partial charge >= 0.3 is 0 Å². The average Bonchev–Trinajstić information content (AvgIpc) is 2.56. The van der Waals surface area contributed by atoms with Crippen LogP contribution in [0.3, 0.4) is 0 Å². The lowest BCUT2D eigenvalue weighted by molar-refractivity contribution is 0.102. The molecule has 3 aromatic rings. The molecule has 8 nitrogen and oxygen atoms in total. The maximum Gasteiger partial charge on any atom is 0.276 e. The summed E-state index contributed by atoms with van der Waals surface area (Å²) < 4.78 is 0. The van der Waals surface area contributed by atoms with E-state index in [0.717, 1.165) is 17.1 Å². The Labute approximate surface area is 143 Å². The van der Waals surface area contributed by atoms with E-state index in [2.05, 4.69) is 30.8 Å². The van der Waals surface area contributed by atoms with E-state index < -0.39 is 5.91 Å². The number of amides is 1. The van der Waals surface area contributed by atoms with Gasteiger partial charge in [-0.25, -0.2) is 15.1 Å². The third kappa shape index (κ3) is 4.25. The summed E-state index contributed by atoms with van der Waals surface area (Å²) in [6.07, 6.45) is 0. The van der Waals surface area contributed by atoms with Crippen molar-refractivity contribution in [3.05, 3.63) is 69.9 Å². The Morgan fingerprint density at radius 1 is 0.960 bits per heavy atom. The largest absolute Gasteiger partial charge is 0.324 e. The van der Waals surface area contributed by atoms with Crippen LogP contribution in [-0.2, 0) is 0 Å². The fraction of sp³-hybridized carbons (Fsp3) is 0.118. The normalized spacial score (nSPS) is 10.3. The number of H-pyrrole nitrogens is 1. The van der Waals surface area contributed by atoms with Crippen molar-refractivity contribution in [2.75, 3.05) is 10.6 Å². The number of benzene rings is 1. The lowest BCUT2D eigenvalue weighted by Crippen LogP contribution is -2.17. The van der Waals surface area contributed by atoms with E-state index >= 15 is 0 Å². The van der Waals surface area contributed by atoms with Gasteiger partial charge in [-0.15, -0.1) is 0 Å².